The molecule has 0 unspecified atom stereocenters. The van der Waals surface area contributed by atoms with Gasteiger partial charge in [-0.3, -0.25) is 4.98 Å². The summed E-state index contributed by atoms with van der Waals surface area (Å²) >= 11 is 0. The van der Waals surface area contributed by atoms with Gasteiger partial charge < -0.3 is 0 Å². The molecule has 39 heavy (non-hydrogen) atoms. The molecule has 4 nitrogen and oxygen atoms in total. The van der Waals surface area contributed by atoms with E-state index >= 15 is 0 Å². The third-order valence-corrected chi connectivity index (χ3v) is 7.53. The van der Waals surface area contributed by atoms with E-state index in [1.54, 1.807) is 17.2 Å². The van der Waals surface area contributed by atoms with E-state index in [1.807, 2.05) is 12.1 Å². The smallest absolute Gasteiger partial charge is 0.121 e. The van der Waals surface area contributed by atoms with Crippen LogP contribution < -0.4 is 0 Å². The van der Waals surface area contributed by atoms with Gasteiger partial charge in [-0.25, -0.2) is 0 Å². The number of nitrogens with zero attached hydrogens (tertiary/aromatic N) is 4. The average Bonchev–Trinajstić information content (AvgIpc) is 3.45. The van der Waals surface area contributed by atoms with Crippen LogP contribution in [0.4, 0.5) is 0 Å². The van der Waals surface area contributed by atoms with Crippen LogP contribution in [0.1, 0.15) is 0 Å². The maximum Gasteiger partial charge on any atom is 0.121 e. The zero-order valence-electron chi connectivity index (χ0n) is 21.0. The van der Waals surface area contributed by atoms with Gasteiger partial charge >= 0.3 is 0 Å². The molecule has 182 valence electrons. The van der Waals surface area contributed by atoms with Gasteiger partial charge in [-0.15, -0.1) is 15.0 Å². The first-order valence-electron chi connectivity index (χ1n) is 13.1. The number of benzene rings is 6. The van der Waals surface area contributed by atoms with E-state index in [1.165, 1.54) is 38.2 Å². The first kappa shape index (κ1) is 21.7. The van der Waals surface area contributed by atoms with Gasteiger partial charge in [0.05, 0.1) is 6.20 Å². The molecule has 2 heterocycles. The summed E-state index contributed by atoms with van der Waals surface area (Å²) in [5, 5.41) is 17.0. The first-order chi connectivity index (χ1) is 19.4. The van der Waals surface area contributed by atoms with Crippen LogP contribution in [0.25, 0.3) is 71.3 Å². The molecule has 8 rings (SSSR count). The number of pyridine rings is 1. The molecule has 8 aromatic rings. The standard InChI is InChI=1S/C35H22N4/c1-2-11-23(12-3-1)33-26-15-5-7-17-28(26)34(29-18-8-6-16-27(29)33)31-21-32-35(30-19-9-4-14-25(30)31)38-39(37-32)24-13-10-20-36-22-24/h1-22H. The van der Waals surface area contributed by atoms with Crippen LogP contribution in [0, 0.1) is 0 Å². The van der Waals surface area contributed by atoms with Gasteiger partial charge in [-0.1, -0.05) is 103 Å². The van der Waals surface area contributed by atoms with Gasteiger partial charge in [0.1, 0.15) is 16.7 Å². The summed E-state index contributed by atoms with van der Waals surface area (Å²) in [5.41, 5.74) is 7.43. The Kier molecular flexibility index (Phi) is 4.79. The highest BCUT2D eigenvalue weighted by atomic mass is 15.5. The third-order valence-electron chi connectivity index (χ3n) is 7.53. The fourth-order valence-corrected chi connectivity index (χ4v) is 5.87. The Morgan fingerprint density at radius 3 is 1.72 bits per heavy atom. The number of hydrogen-bond acceptors (Lipinski definition) is 3. The summed E-state index contributed by atoms with van der Waals surface area (Å²) in [7, 11) is 0. The maximum atomic E-state index is 4.91. The van der Waals surface area contributed by atoms with Crippen LogP contribution in [-0.2, 0) is 0 Å². The molecule has 0 spiro atoms. The van der Waals surface area contributed by atoms with Gasteiger partial charge in [0, 0.05) is 11.6 Å². The largest absolute Gasteiger partial charge is 0.262 e. The molecular weight excluding hydrogens is 476 g/mol. The van der Waals surface area contributed by atoms with Crippen molar-refractivity contribution in [2.75, 3.05) is 0 Å². The molecule has 6 aromatic carbocycles. The summed E-state index contributed by atoms with van der Waals surface area (Å²) in [5.74, 6) is 0. The molecule has 4 heteroatoms. The lowest BCUT2D eigenvalue weighted by Gasteiger charge is -2.18. The Morgan fingerprint density at radius 1 is 0.487 bits per heavy atom. The van der Waals surface area contributed by atoms with Crippen molar-refractivity contribution in [3.05, 3.63) is 134 Å². The van der Waals surface area contributed by atoms with Gasteiger partial charge in [-0.05, 0) is 67.4 Å². The molecule has 0 bridgehead atoms. The Labute approximate surface area is 224 Å². The van der Waals surface area contributed by atoms with E-state index in [2.05, 4.69) is 114 Å². The summed E-state index contributed by atoms with van der Waals surface area (Å²) in [6.07, 6.45) is 3.54. The SMILES string of the molecule is c1ccc(-c2c3ccccc3c(-c3cc4nn(-c5cccnc5)nc4c4ccccc34)c3ccccc23)cc1. The Hall–Kier alpha value is -5.35. The molecule has 2 aromatic heterocycles. The highest BCUT2D eigenvalue weighted by molar-refractivity contribution is 6.25. The lowest BCUT2D eigenvalue weighted by Crippen LogP contribution is -1.98. The average molecular weight is 499 g/mol. The monoisotopic (exact) mass is 498 g/mol. The van der Waals surface area contributed by atoms with Crippen molar-refractivity contribution in [2.45, 2.75) is 0 Å². The Morgan fingerprint density at radius 2 is 1.08 bits per heavy atom. The number of hydrogen-bond donors (Lipinski definition) is 0. The summed E-state index contributed by atoms with van der Waals surface area (Å²) < 4.78 is 0. The van der Waals surface area contributed by atoms with E-state index < -0.39 is 0 Å². The minimum absolute atomic E-state index is 0.836. The van der Waals surface area contributed by atoms with Crippen LogP contribution in [0.2, 0.25) is 0 Å². The minimum atomic E-state index is 0.836. The van der Waals surface area contributed by atoms with E-state index in [0.717, 1.165) is 33.1 Å². The predicted molar refractivity (Wildman–Crippen MR) is 160 cm³/mol. The molecule has 0 saturated carbocycles. The second-order valence-corrected chi connectivity index (χ2v) is 9.75. The van der Waals surface area contributed by atoms with Gasteiger partial charge in [0.15, 0.2) is 0 Å². The minimum Gasteiger partial charge on any atom is -0.262 e. The second-order valence-electron chi connectivity index (χ2n) is 9.75. The zero-order chi connectivity index (χ0) is 25.8. The van der Waals surface area contributed by atoms with E-state index in [-0.39, 0.29) is 0 Å². The summed E-state index contributed by atoms with van der Waals surface area (Å²) in [6, 6.07) is 42.8. The van der Waals surface area contributed by atoms with Crippen LogP contribution >= 0.6 is 0 Å². The highest BCUT2D eigenvalue weighted by Crippen LogP contribution is 2.46. The van der Waals surface area contributed by atoms with E-state index in [0.29, 0.717) is 0 Å². The van der Waals surface area contributed by atoms with Crippen molar-refractivity contribution in [1.29, 1.82) is 0 Å². The van der Waals surface area contributed by atoms with Crippen LogP contribution in [0.3, 0.4) is 0 Å². The lowest BCUT2D eigenvalue weighted by molar-refractivity contribution is 0.762. The van der Waals surface area contributed by atoms with E-state index in [4.69, 9.17) is 10.2 Å². The van der Waals surface area contributed by atoms with Crippen LogP contribution in [-0.4, -0.2) is 20.0 Å². The van der Waals surface area contributed by atoms with Crippen molar-refractivity contribution < 1.29 is 0 Å². The first-order valence-corrected chi connectivity index (χ1v) is 13.1. The van der Waals surface area contributed by atoms with Gasteiger partial charge in [0.2, 0.25) is 0 Å². The molecule has 0 aliphatic rings. The molecule has 0 radical (unpaired) electrons. The number of fused-ring (bicyclic) bond motifs is 5. The molecule has 0 N–H and O–H groups in total. The Balaban J connectivity index is 1.52. The fourth-order valence-electron chi connectivity index (χ4n) is 5.87. The zero-order valence-corrected chi connectivity index (χ0v) is 21.0. The molecule has 0 atom stereocenters. The quantitative estimate of drug-likeness (QED) is 0.229. The lowest BCUT2D eigenvalue weighted by atomic mass is 9.84. The van der Waals surface area contributed by atoms with Crippen LogP contribution in [0.5, 0.6) is 0 Å². The Bertz CT molecular complexity index is 2110. The predicted octanol–water partition coefficient (Wildman–Crippen LogP) is 8.61. The van der Waals surface area contributed by atoms with Gasteiger partial charge in [-0.2, -0.15) is 0 Å². The highest BCUT2D eigenvalue weighted by Gasteiger charge is 2.20. The molecule has 0 fully saturated rings. The van der Waals surface area contributed by atoms with Crippen molar-refractivity contribution in [3.63, 3.8) is 0 Å². The summed E-state index contributed by atoms with van der Waals surface area (Å²) in [6.45, 7) is 0. The van der Waals surface area contributed by atoms with Crippen molar-refractivity contribution in [3.8, 4) is 27.9 Å². The third kappa shape index (κ3) is 3.35. The number of aromatic nitrogens is 4. The van der Waals surface area contributed by atoms with Crippen LogP contribution in [0.15, 0.2) is 134 Å². The molecular formula is C35H22N4. The number of rotatable bonds is 3. The fraction of sp³-hybridized carbons (Fsp3) is 0. The molecule has 0 aliphatic heterocycles. The normalized spacial score (nSPS) is 11.6. The summed E-state index contributed by atoms with van der Waals surface area (Å²) in [4.78, 5) is 5.94. The molecule has 0 amide bonds. The maximum absolute atomic E-state index is 4.91. The van der Waals surface area contributed by atoms with Crippen molar-refractivity contribution in [1.82, 2.24) is 20.0 Å². The topological polar surface area (TPSA) is 43.6 Å². The van der Waals surface area contributed by atoms with Gasteiger partial charge in [0.25, 0.3) is 0 Å². The van der Waals surface area contributed by atoms with Crippen molar-refractivity contribution in [2.24, 2.45) is 0 Å². The van der Waals surface area contributed by atoms with E-state index in [9.17, 15) is 0 Å². The second kappa shape index (κ2) is 8.61. The molecule has 0 aliphatic carbocycles. The van der Waals surface area contributed by atoms with Crippen molar-refractivity contribution >= 4 is 43.4 Å². The molecule has 0 saturated heterocycles.